The Hall–Kier alpha value is -4.09. The molecule has 0 bridgehead atoms. The molecule has 1 fully saturated rings. The van der Waals surface area contributed by atoms with Crippen LogP contribution in [-0.4, -0.2) is 117 Å². The Balaban J connectivity index is 1.92. The first-order valence-electron chi connectivity index (χ1n) is 12.4. The minimum absolute atomic E-state index is 0.0261. The van der Waals surface area contributed by atoms with Gasteiger partial charge in [0.05, 0.1) is 17.7 Å². The van der Waals surface area contributed by atoms with Gasteiger partial charge in [-0.25, -0.2) is 4.79 Å². The first-order valence-corrected chi connectivity index (χ1v) is 13.6. The number of amides is 4. The molecule has 0 spiro atoms. The van der Waals surface area contributed by atoms with E-state index in [9.17, 15) is 44.1 Å². The molecule has 1 saturated heterocycles. The number of likely N-dealkylation sites (tertiary alicyclic amines) is 1. The van der Waals surface area contributed by atoms with Crippen molar-refractivity contribution in [1.82, 2.24) is 20.9 Å². The van der Waals surface area contributed by atoms with Crippen molar-refractivity contribution in [3.8, 4) is 11.5 Å². The molecule has 17 heteroatoms. The number of aromatic hydroxyl groups is 2. The fourth-order valence-corrected chi connectivity index (χ4v) is 5.37. The minimum atomic E-state index is -1.64. The summed E-state index contributed by atoms with van der Waals surface area (Å²) in [5.74, 6) is -6.87. The number of carboxylic acids is 1. The Kier molecular flexibility index (Phi) is 10.4. The second kappa shape index (κ2) is 13.5. The molecule has 0 aliphatic carbocycles. The number of phenolic OH excluding ortho intramolecular Hbond substituents is 2. The molecule has 0 radical (unpaired) electrons. The van der Waals surface area contributed by atoms with E-state index < -0.39 is 90.5 Å². The highest BCUT2D eigenvalue weighted by Gasteiger charge is 2.43. The lowest BCUT2D eigenvalue weighted by atomic mass is 10.1. The maximum absolute atomic E-state index is 13.2. The molecule has 3 rings (SSSR count). The van der Waals surface area contributed by atoms with Crippen LogP contribution >= 0.6 is 11.8 Å². The summed E-state index contributed by atoms with van der Waals surface area (Å²) in [5.41, 5.74) is 5.49. The summed E-state index contributed by atoms with van der Waals surface area (Å²) in [6.45, 7) is -0.0898. The lowest BCUT2D eigenvalue weighted by molar-refractivity contribution is -0.142. The number of aliphatic hydroxyl groups excluding tert-OH is 1. The van der Waals surface area contributed by atoms with E-state index in [4.69, 9.17) is 15.6 Å². The van der Waals surface area contributed by atoms with Gasteiger partial charge in [0, 0.05) is 29.7 Å². The van der Waals surface area contributed by atoms with Gasteiger partial charge in [0.15, 0.2) is 0 Å². The predicted octanol–water partition coefficient (Wildman–Crippen LogP) is -3.02. The van der Waals surface area contributed by atoms with Gasteiger partial charge in [-0.2, -0.15) is 11.8 Å². The third-order valence-electron chi connectivity index (χ3n) is 6.33. The number of esters is 1. The van der Waals surface area contributed by atoms with Crippen LogP contribution in [0.1, 0.15) is 29.3 Å². The van der Waals surface area contributed by atoms with Gasteiger partial charge in [-0.05, 0) is 19.4 Å². The van der Waals surface area contributed by atoms with Gasteiger partial charge in [0.1, 0.15) is 42.8 Å². The molecule has 0 saturated carbocycles. The van der Waals surface area contributed by atoms with E-state index in [1.54, 1.807) is 0 Å². The number of nitrogens with one attached hydrogen (secondary N) is 3. The standard InChI is InChI=1S/C24H31N5O11S/c1-10(25)23(38)29-3-2-16(31)19(29)22(37)27-14-7-40-24(39)12-4-11(30)5-17(32)13(12)8-41-9-15(28-21(14)36)20(35)26-6-18(33)34/h4-5,10,14-16,19,30-32H,2-3,6-9,25H2,1H3,(H,26,35)(H,27,37)(H,28,36)(H,33,34)/t10-,14?,15-,16+,19-/m0/s1. The van der Waals surface area contributed by atoms with Crippen molar-refractivity contribution >= 4 is 47.3 Å². The number of hydrogen-bond acceptors (Lipinski definition) is 12. The summed E-state index contributed by atoms with van der Waals surface area (Å²) < 4.78 is 5.22. The second-order valence-electron chi connectivity index (χ2n) is 9.46. The monoisotopic (exact) mass is 597 g/mol. The van der Waals surface area contributed by atoms with E-state index in [2.05, 4.69) is 16.0 Å². The van der Waals surface area contributed by atoms with Gasteiger partial charge in [0.25, 0.3) is 0 Å². The molecule has 2 aliphatic heterocycles. The van der Waals surface area contributed by atoms with Crippen LogP contribution in [0.15, 0.2) is 12.1 Å². The predicted molar refractivity (Wildman–Crippen MR) is 140 cm³/mol. The number of cyclic esters (lactones) is 1. The Morgan fingerprint density at radius 2 is 1.93 bits per heavy atom. The Bertz CT molecular complexity index is 1230. The molecular formula is C24H31N5O11S. The first-order chi connectivity index (χ1) is 19.3. The third-order valence-corrected chi connectivity index (χ3v) is 7.39. The summed E-state index contributed by atoms with van der Waals surface area (Å²) >= 11 is 0.998. The van der Waals surface area contributed by atoms with Crippen molar-refractivity contribution in [2.24, 2.45) is 5.73 Å². The van der Waals surface area contributed by atoms with Crippen LogP contribution in [-0.2, 0) is 34.5 Å². The maximum Gasteiger partial charge on any atom is 0.338 e. The van der Waals surface area contributed by atoms with Gasteiger partial charge >= 0.3 is 11.9 Å². The van der Waals surface area contributed by atoms with Gasteiger partial charge in [-0.15, -0.1) is 0 Å². The van der Waals surface area contributed by atoms with Crippen LogP contribution in [0.25, 0.3) is 0 Å². The van der Waals surface area contributed by atoms with Crippen LogP contribution in [0.4, 0.5) is 0 Å². The first kappa shape index (κ1) is 31.4. The molecule has 5 atom stereocenters. The van der Waals surface area contributed by atoms with E-state index in [0.717, 1.165) is 28.8 Å². The second-order valence-corrected chi connectivity index (χ2v) is 10.5. The van der Waals surface area contributed by atoms with Crippen molar-refractivity contribution in [3.05, 3.63) is 23.3 Å². The molecule has 16 nitrogen and oxygen atoms in total. The topological polar surface area (TPSA) is 258 Å². The lowest BCUT2D eigenvalue weighted by Gasteiger charge is -2.29. The SMILES string of the molecule is C[C@H](N)C(=O)N1CC[C@@H](O)[C@H]1C(=O)NC1COC(=O)c2cc(O)cc(O)c2CSC[C@@H](C(=O)NCC(=O)O)NC1=O. The van der Waals surface area contributed by atoms with Gasteiger partial charge < -0.3 is 51.7 Å². The minimum Gasteiger partial charge on any atom is -0.508 e. The molecule has 224 valence electrons. The summed E-state index contributed by atoms with van der Waals surface area (Å²) in [6.07, 6.45) is -1.21. The number of phenols is 2. The smallest absolute Gasteiger partial charge is 0.338 e. The highest BCUT2D eigenvalue weighted by Crippen LogP contribution is 2.31. The number of carboxylic acid groups (broad SMARTS) is 1. The molecule has 1 unspecified atom stereocenters. The molecule has 1 aromatic rings. The van der Waals surface area contributed by atoms with Gasteiger partial charge in [-0.3, -0.25) is 24.0 Å². The van der Waals surface area contributed by atoms with Crippen molar-refractivity contribution in [2.75, 3.05) is 25.4 Å². The van der Waals surface area contributed by atoms with E-state index in [1.165, 1.54) is 6.92 Å². The number of nitrogens with zero attached hydrogens (tertiary/aromatic N) is 1. The van der Waals surface area contributed by atoms with Crippen molar-refractivity contribution in [3.63, 3.8) is 0 Å². The van der Waals surface area contributed by atoms with E-state index in [-0.39, 0.29) is 35.6 Å². The number of rotatable bonds is 6. The number of aliphatic carboxylic acids is 1. The van der Waals surface area contributed by atoms with Crippen molar-refractivity contribution in [2.45, 2.75) is 49.4 Å². The van der Waals surface area contributed by atoms with Crippen LogP contribution in [0.3, 0.4) is 0 Å². The van der Waals surface area contributed by atoms with Crippen LogP contribution in [0.5, 0.6) is 11.5 Å². The quantitative estimate of drug-likeness (QED) is 0.152. The number of carbonyl (C=O) groups excluding carboxylic acids is 5. The van der Waals surface area contributed by atoms with E-state index >= 15 is 0 Å². The van der Waals surface area contributed by atoms with Gasteiger partial charge in [0.2, 0.25) is 23.6 Å². The Morgan fingerprint density at radius 1 is 1.22 bits per heavy atom. The number of carbonyl (C=O) groups is 6. The lowest BCUT2D eigenvalue weighted by Crippen LogP contribution is -2.60. The summed E-state index contributed by atoms with van der Waals surface area (Å²) in [5, 5.41) is 46.4. The highest BCUT2D eigenvalue weighted by atomic mass is 32.2. The largest absolute Gasteiger partial charge is 0.508 e. The number of nitrogens with two attached hydrogens (primary N) is 1. The number of thioether (sulfide) groups is 1. The molecule has 1 aromatic carbocycles. The molecule has 41 heavy (non-hydrogen) atoms. The Labute approximate surface area is 237 Å². The fourth-order valence-electron chi connectivity index (χ4n) is 4.27. The number of aliphatic hydroxyl groups is 1. The summed E-state index contributed by atoms with van der Waals surface area (Å²) in [4.78, 5) is 76.5. The summed E-state index contributed by atoms with van der Waals surface area (Å²) in [6, 6.07) is -3.30. The fraction of sp³-hybridized carbons (Fsp3) is 0.500. The normalized spacial score (nSPS) is 24.0. The Morgan fingerprint density at radius 3 is 2.59 bits per heavy atom. The van der Waals surface area contributed by atoms with E-state index in [1.807, 2.05) is 0 Å². The molecule has 2 heterocycles. The zero-order chi connectivity index (χ0) is 30.4. The average molecular weight is 598 g/mol. The maximum atomic E-state index is 13.2. The molecule has 9 N–H and O–H groups in total. The van der Waals surface area contributed by atoms with Crippen molar-refractivity contribution in [1.29, 1.82) is 0 Å². The van der Waals surface area contributed by atoms with Crippen LogP contribution in [0.2, 0.25) is 0 Å². The zero-order valence-corrected chi connectivity index (χ0v) is 22.7. The number of ether oxygens (including phenoxy) is 1. The number of fused-ring (bicyclic) bond motifs is 1. The third kappa shape index (κ3) is 7.77. The zero-order valence-electron chi connectivity index (χ0n) is 21.9. The molecule has 4 amide bonds. The molecule has 0 aromatic heterocycles. The average Bonchev–Trinajstić information content (AvgIpc) is 3.29. The number of benzene rings is 1. The molecular weight excluding hydrogens is 566 g/mol. The van der Waals surface area contributed by atoms with Gasteiger partial charge in [-0.1, -0.05) is 0 Å². The van der Waals surface area contributed by atoms with Crippen molar-refractivity contribution < 1.29 is 53.9 Å². The summed E-state index contributed by atoms with van der Waals surface area (Å²) in [7, 11) is 0. The highest BCUT2D eigenvalue weighted by molar-refractivity contribution is 7.98. The van der Waals surface area contributed by atoms with E-state index in [0.29, 0.717) is 0 Å². The van der Waals surface area contributed by atoms with Crippen LogP contribution in [0, 0.1) is 0 Å². The van der Waals surface area contributed by atoms with Crippen LogP contribution < -0.4 is 21.7 Å². The number of hydrogen-bond donors (Lipinski definition) is 8. The molecule has 2 aliphatic rings.